The molecule has 2 aromatic carbocycles. The molecule has 50 heavy (non-hydrogen) atoms. The number of allylic oxidation sites excluding steroid dienone is 4. The number of ketones is 1. The average Bonchev–Trinajstić information content (AvgIpc) is 3.71. The molecule has 6 aliphatic carbocycles. The molecule has 9 unspecified atom stereocenters. The number of nitrogens with zero attached hydrogens (tertiary/aromatic N) is 1. The normalized spacial score (nSPS) is 39.7. The predicted molar refractivity (Wildman–Crippen MR) is 185 cm³/mol. The van der Waals surface area contributed by atoms with E-state index in [-0.39, 0.29) is 47.3 Å². The first-order chi connectivity index (χ1) is 23.8. The van der Waals surface area contributed by atoms with Gasteiger partial charge in [-0.25, -0.2) is 13.6 Å². The fourth-order valence-corrected chi connectivity index (χ4v) is 11.7. The van der Waals surface area contributed by atoms with Gasteiger partial charge in [-0.2, -0.15) is 0 Å². The SMILES string of the molecule is CC12CCC(O)CC13C=CC1(C(C(=O)c4ccc(F)c(F)c4)=C3)C2CCC2(C)C1CCC2(O)CN(CC1CCCO1)C(=O)Nc1ccccc1. The van der Waals surface area contributed by atoms with Crippen LogP contribution in [0, 0.1) is 45.1 Å². The quantitative estimate of drug-likeness (QED) is 0.208. The second-order valence-electron chi connectivity index (χ2n) is 16.6. The number of amides is 2. The van der Waals surface area contributed by atoms with E-state index in [9.17, 15) is 28.6 Å². The minimum absolute atomic E-state index is 0.0477. The van der Waals surface area contributed by atoms with E-state index >= 15 is 0 Å². The number of halogens is 2. The molecule has 2 bridgehead atoms. The van der Waals surface area contributed by atoms with Crippen molar-refractivity contribution in [3.63, 3.8) is 0 Å². The summed E-state index contributed by atoms with van der Waals surface area (Å²) < 4.78 is 34.6. The molecule has 3 saturated carbocycles. The summed E-state index contributed by atoms with van der Waals surface area (Å²) in [5.74, 6) is -2.51. The van der Waals surface area contributed by atoms with Crippen molar-refractivity contribution < 1.29 is 33.3 Å². The van der Waals surface area contributed by atoms with Crippen molar-refractivity contribution in [1.29, 1.82) is 0 Å². The lowest BCUT2D eigenvalue weighted by atomic mass is 9.32. The number of Topliss-reactive ketones (excluding diaryl/α,β-unsaturated/α-hetero) is 1. The molecular weight excluding hydrogens is 638 g/mol. The Kier molecular flexibility index (Phi) is 7.97. The minimum Gasteiger partial charge on any atom is -0.393 e. The van der Waals surface area contributed by atoms with Crippen LogP contribution in [0.15, 0.2) is 72.3 Å². The topological polar surface area (TPSA) is 99.1 Å². The van der Waals surface area contributed by atoms with Gasteiger partial charge >= 0.3 is 6.03 Å². The summed E-state index contributed by atoms with van der Waals surface area (Å²) in [4.78, 5) is 30.3. The minimum atomic E-state index is -1.26. The zero-order valence-electron chi connectivity index (χ0n) is 29.0. The Morgan fingerprint density at radius 3 is 2.42 bits per heavy atom. The number of rotatable bonds is 7. The van der Waals surface area contributed by atoms with Gasteiger partial charge in [0.1, 0.15) is 0 Å². The van der Waals surface area contributed by atoms with E-state index in [1.165, 1.54) is 6.07 Å². The molecule has 0 radical (unpaired) electrons. The van der Waals surface area contributed by atoms with E-state index in [4.69, 9.17) is 4.74 Å². The Labute approximate surface area is 292 Å². The maximum Gasteiger partial charge on any atom is 0.322 e. The fourth-order valence-electron chi connectivity index (χ4n) is 11.7. The fraction of sp³-hybridized carbons (Fsp3) is 0.561. The number of fused-ring (bicyclic) bond motifs is 1. The summed E-state index contributed by atoms with van der Waals surface area (Å²) in [6.07, 6.45) is 12.2. The molecule has 2 aromatic rings. The molecule has 9 rings (SSSR count). The molecule has 2 amide bonds. The van der Waals surface area contributed by atoms with Gasteiger partial charge in [0.15, 0.2) is 17.4 Å². The number of para-hydroxylation sites is 1. The highest BCUT2D eigenvalue weighted by Crippen LogP contribution is 2.78. The molecule has 0 aromatic heterocycles. The monoisotopic (exact) mass is 686 g/mol. The number of hydrogen-bond donors (Lipinski definition) is 3. The number of aliphatic hydroxyl groups excluding tert-OH is 1. The Morgan fingerprint density at radius 2 is 1.68 bits per heavy atom. The summed E-state index contributed by atoms with van der Waals surface area (Å²) >= 11 is 0. The molecule has 7 aliphatic rings. The molecule has 1 heterocycles. The van der Waals surface area contributed by atoms with Crippen LogP contribution in [0.1, 0.15) is 82.0 Å². The summed E-state index contributed by atoms with van der Waals surface area (Å²) in [5, 5.41) is 26.9. The number of ether oxygens (including phenoxy) is 1. The number of benzene rings is 2. The van der Waals surface area contributed by atoms with Crippen LogP contribution in [0.3, 0.4) is 0 Å². The molecule has 7 nitrogen and oxygen atoms in total. The van der Waals surface area contributed by atoms with E-state index in [0.29, 0.717) is 56.5 Å². The largest absolute Gasteiger partial charge is 0.393 e. The third-order valence-corrected chi connectivity index (χ3v) is 14.4. The molecule has 1 saturated heterocycles. The van der Waals surface area contributed by atoms with Gasteiger partial charge in [-0.15, -0.1) is 0 Å². The number of carbonyl (C=O) groups excluding carboxylic acids is 2. The molecule has 1 aliphatic heterocycles. The van der Waals surface area contributed by atoms with Gasteiger partial charge in [-0.1, -0.05) is 50.3 Å². The van der Waals surface area contributed by atoms with Crippen molar-refractivity contribution >= 4 is 17.5 Å². The van der Waals surface area contributed by atoms with Crippen LogP contribution in [0.25, 0.3) is 0 Å². The molecule has 266 valence electrons. The first-order valence-electron chi connectivity index (χ1n) is 18.4. The molecule has 9 atom stereocenters. The molecular formula is C41H48F2N2O5. The van der Waals surface area contributed by atoms with Crippen LogP contribution in [0.2, 0.25) is 0 Å². The lowest BCUT2D eigenvalue weighted by Gasteiger charge is -2.71. The molecule has 3 N–H and O–H groups in total. The summed E-state index contributed by atoms with van der Waals surface area (Å²) in [6, 6.07) is 12.4. The van der Waals surface area contributed by atoms with E-state index in [1.807, 2.05) is 30.3 Å². The van der Waals surface area contributed by atoms with Crippen LogP contribution in [-0.4, -0.2) is 64.4 Å². The standard InChI is InChI=1S/C41H48F2N2O5/c1-37-15-12-28(46)22-39(37)18-19-41(30(23-39)35(47)26-10-11-31(42)32(43)21-26)33(37)13-16-38(2)34(41)14-17-40(38,49)25-45(24-29-9-6-20-50-29)36(48)44-27-7-4-3-5-8-27/h3-5,7-8,10-11,18-19,21,23,28-29,33-34,46,49H,6,9,12-17,20,22,24-25H2,1-2H3,(H,44,48). The first kappa shape index (κ1) is 33.7. The van der Waals surface area contributed by atoms with Crippen LogP contribution >= 0.6 is 0 Å². The van der Waals surface area contributed by atoms with E-state index in [2.05, 4.69) is 37.4 Å². The van der Waals surface area contributed by atoms with E-state index < -0.39 is 39.6 Å². The first-order valence-corrected chi connectivity index (χ1v) is 18.4. The Bertz CT molecular complexity index is 1760. The van der Waals surface area contributed by atoms with Crippen LogP contribution in [0.5, 0.6) is 0 Å². The van der Waals surface area contributed by atoms with Gasteiger partial charge in [0.05, 0.1) is 24.4 Å². The van der Waals surface area contributed by atoms with Gasteiger partial charge in [-0.3, -0.25) is 4.79 Å². The van der Waals surface area contributed by atoms with Crippen LogP contribution in [0.4, 0.5) is 19.3 Å². The summed E-state index contributed by atoms with van der Waals surface area (Å²) in [5.41, 5.74) is -2.14. The predicted octanol–water partition coefficient (Wildman–Crippen LogP) is 7.45. The van der Waals surface area contributed by atoms with Crippen LogP contribution in [-0.2, 0) is 4.74 Å². The molecule has 2 spiro atoms. The highest BCUT2D eigenvalue weighted by Gasteiger charge is 2.74. The number of carbonyl (C=O) groups is 2. The highest BCUT2D eigenvalue weighted by atomic mass is 19.2. The highest BCUT2D eigenvalue weighted by molar-refractivity contribution is 6.10. The van der Waals surface area contributed by atoms with Crippen LogP contribution < -0.4 is 5.32 Å². The van der Waals surface area contributed by atoms with Gasteiger partial charge < -0.3 is 25.2 Å². The van der Waals surface area contributed by atoms with Crippen molar-refractivity contribution in [2.45, 2.75) is 89.4 Å². The summed E-state index contributed by atoms with van der Waals surface area (Å²) in [6.45, 7) is 5.56. The Hall–Kier alpha value is -3.40. The number of anilines is 1. The zero-order chi connectivity index (χ0) is 35.1. The van der Waals surface area contributed by atoms with Crippen molar-refractivity contribution in [1.82, 2.24) is 4.90 Å². The van der Waals surface area contributed by atoms with Gasteiger partial charge in [-0.05, 0) is 105 Å². The second kappa shape index (κ2) is 11.8. The van der Waals surface area contributed by atoms with E-state index in [1.54, 1.807) is 4.90 Å². The van der Waals surface area contributed by atoms with Crippen molar-refractivity contribution in [3.8, 4) is 0 Å². The lowest BCUT2D eigenvalue weighted by molar-refractivity contribution is -0.175. The smallest absolute Gasteiger partial charge is 0.322 e. The number of nitrogens with one attached hydrogen (secondary N) is 1. The zero-order valence-corrected chi connectivity index (χ0v) is 29.0. The molecule has 9 heteroatoms. The number of aliphatic hydroxyl groups is 2. The average molecular weight is 687 g/mol. The third kappa shape index (κ3) is 4.82. The Balaban J connectivity index is 1.19. The molecule has 4 fully saturated rings. The lowest BCUT2D eigenvalue weighted by Crippen LogP contribution is -2.67. The van der Waals surface area contributed by atoms with Crippen molar-refractivity contribution in [2.24, 2.45) is 33.5 Å². The Morgan fingerprint density at radius 1 is 0.940 bits per heavy atom. The summed E-state index contributed by atoms with van der Waals surface area (Å²) in [7, 11) is 0. The maximum atomic E-state index is 14.7. The number of urea groups is 1. The second-order valence-corrected chi connectivity index (χ2v) is 16.6. The van der Waals surface area contributed by atoms with Crippen molar-refractivity contribution in [3.05, 3.63) is 89.5 Å². The van der Waals surface area contributed by atoms with Gasteiger partial charge in [0.2, 0.25) is 0 Å². The van der Waals surface area contributed by atoms with Crippen molar-refractivity contribution in [2.75, 3.05) is 25.0 Å². The maximum absolute atomic E-state index is 14.7. The third-order valence-electron chi connectivity index (χ3n) is 14.4. The van der Waals surface area contributed by atoms with E-state index in [0.717, 1.165) is 37.8 Å². The van der Waals surface area contributed by atoms with Gasteiger partial charge in [0.25, 0.3) is 0 Å². The number of hydrogen-bond acceptors (Lipinski definition) is 5. The van der Waals surface area contributed by atoms with Gasteiger partial charge in [0, 0.05) is 46.2 Å².